The number of amides is 1. The van der Waals surface area contributed by atoms with Gasteiger partial charge in [0.05, 0.1) is 7.11 Å². The van der Waals surface area contributed by atoms with Crippen molar-refractivity contribution in [3.8, 4) is 0 Å². The molecule has 10 heteroatoms. The van der Waals surface area contributed by atoms with Gasteiger partial charge in [-0.2, -0.15) is 13.2 Å². The van der Waals surface area contributed by atoms with Crippen LogP contribution in [0.3, 0.4) is 0 Å². The summed E-state index contributed by atoms with van der Waals surface area (Å²) in [6.45, 7) is 4.85. The number of pyridine rings is 1. The summed E-state index contributed by atoms with van der Waals surface area (Å²) in [6.07, 6.45) is -4.57. The molecule has 0 radical (unpaired) electrons. The van der Waals surface area contributed by atoms with Crippen LogP contribution in [0.1, 0.15) is 32.0 Å². The van der Waals surface area contributed by atoms with Gasteiger partial charge in [-0.15, -0.1) is 0 Å². The number of rotatable bonds is 3. The van der Waals surface area contributed by atoms with Gasteiger partial charge in [-0.3, -0.25) is 5.32 Å². The Balaban J connectivity index is 3.15. The molecule has 138 valence electrons. The van der Waals surface area contributed by atoms with Crippen molar-refractivity contribution in [3.05, 3.63) is 34.2 Å². The van der Waals surface area contributed by atoms with Crippen molar-refractivity contribution in [2.75, 3.05) is 7.11 Å². The van der Waals surface area contributed by atoms with Gasteiger partial charge in [0, 0.05) is 5.56 Å². The number of alkyl carbamates (subject to hydrolysis) is 1. The molecule has 1 heterocycles. The summed E-state index contributed by atoms with van der Waals surface area (Å²) in [6, 6.07) is 1.71. The number of carbonyl (C=O) groups is 2. The maximum absolute atomic E-state index is 12.6. The highest BCUT2D eigenvalue weighted by molar-refractivity contribution is 6.31. The Morgan fingerprint density at radius 1 is 1.24 bits per heavy atom. The minimum atomic E-state index is -4.66. The molecule has 0 aliphatic rings. The van der Waals surface area contributed by atoms with Crippen molar-refractivity contribution >= 4 is 29.7 Å². The Morgan fingerprint density at radius 2 is 1.84 bits per heavy atom. The van der Waals surface area contributed by atoms with Crippen LogP contribution in [0.25, 0.3) is 6.08 Å². The zero-order valence-electron chi connectivity index (χ0n) is 13.8. The summed E-state index contributed by atoms with van der Waals surface area (Å²) in [7, 11) is 1.07. The van der Waals surface area contributed by atoms with Crippen molar-refractivity contribution in [2.45, 2.75) is 32.5 Å². The van der Waals surface area contributed by atoms with Crippen LogP contribution in [0.15, 0.2) is 17.8 Å². The van der Waals surface area contributed by atoms with Gasteiger partial charge in [0.2, 0.25) is 0 Å². The largest absolute Gasteiger partial charge is 0.464 e. The molecular weight excluding hydrogens is 365 g/mol. The first-order valence-corrected chi connectivity index (χ1v) is 7.25. The van der Waals surface area contributed by atoms with Crippen molar-refractivity contribution in [1.29, 1.82) is 0 Å². The van der Waals surface area contributed by atoms with E-state index < -0.39 is 34.7 Å². The van der Waals surface area contributed by atoms with Crippen LogP contribution in [0.2, 0.25) is 5.15 Å². The van der Waals surface area contributed by atoms with Crippen LogP contribution in [0.4, 0.5) is 18.0 Å². The molecule has 0 aliphatic heterocycles. The lowest BCUT2D eigenvalue weighted by molar-refractivity contribution is -0.141. The molecule has 0 saturated heterocycles. The standard InChI is InChI=1S/C15H16ClF3N2O4/c1-14(2,3)25-13(23)20-9(12(22)24-4)7-8-5-6-10(15(17,18)19)21-11(8)16/h5-7H,1-4H3,(H,20,23)/b9-7+. The topological polar surface area (TPSA) is 77.5 Å². The third-order valence-electron chi connectivity index (χ3n) is 2.51. The lowest BCUT2D eigenvalue weighted by Gasteiger charge is -2.20. The molecule has 1 amide bonds. The minimum Gasteiger partial charge on any atom is -0.464 e. The maximum atomic E-state index is 12.6. The second-order valence-electron chi connectivity index (χ2n) is 5.75. The molecule has 0 bridgehead atoms. The number of hydrogen-bond acceptors (Lipinski definition) is 5. The predicted molar refractivity (Wildman–Crippen MR) is 83.6 cm³/mol. The van der Waals surface area contributed by atoms with E-state index in [-0.39, 0.29) is 11.3 Å². The fraction of sp³-hybridized carbons (Fsp3) is 0.400. The highest BCUT2D eigenvalue weighted by atomic mass is 35.5. The molecule has 1 rings (SSSR count). The molecule has 1 aromatic heterocycles. The van der Waals surface area contributed by atoms with E-state index in [4.69, 9.17) is 16.3 Å². The van der Waals surface area contributed by atoms with E-state index in [0.29, 0.717) is 6.07 Å². The first kappa shape index (κ1) is 20.8. The van der Waals surface area contributed by atoms with E-state index in [1.807, 2.05) is 0 Å². The first-order valence-electron chi connectivity index (χ1n) is 6.87. The summed E-state index contributed by atoms with van der Waals surface area (Å²) in [5.74, 6) is -0.943. The number of methoxy groups -OCH3 is 1. The second-order valence-corrected chi connectivity index (χ2v) is 6.11. The van der Waals surface area contributed by atoms with Crippen LogP contribution in [0.5, 0.6) is 0 Å². The average Bonchev–Trinajstić information content (AvgIpc) is 2.44. The highest BCUT2D eigenvalue weighted by Gasteiger charge is 2.33. The third kappa shape index (κ3) is 6.61. The van der Waals surface area contributed by atoms with Gasteiger partial charge in [-0.05, 0) is 39.0 Å². The van der Waals surface area contributed by atoms with E-state index in [2.05, 4.69) is 15.0 Å². The van der Waals surface area contributed by atoms with E-state index in [0.717, 1.165) is 19.3 Å². The number of ether oxygens (including phenoxy) is 2. The Kier molecular flexibility index (Phi) is 6.42. The van der Waals surface area contributed by atoms with Gasteiger partial charge >= 0.3 is 18.2 Å². The van der Waals surface area contributed by atoms with Crippen molar-refractivity contribution < 1.29 is 32.2 Å². The fourth-order valence-corrected chi connectivity index (χ4v) is 1.74. The number of alkyl halides is 3. The molecule has 1 aromatic rings. The number of nitrogens with one attached hydrogen (secondary N) is 1. The molecule has 0 aliphatic carbocycles. The lowest BCUT2D eigenvalue weighted by Crippen LogP contribution is -2.34. The van der Waals surface area contributed by atoms with Crippen molar-refractivity contribution in [1.82, 2.24) is 10.3 Å². The van der Waals surface area contributed by atoms with E-state index in [1.54, 1.807) is 20.8 Å². The maximum Gasteiger partial charge on any atom is 0.433 e. The lowest BCUT2D eigenvalue weighted by atomic mass is 10.2. The molecule has 0 unspecified atom stereocenters. The normalized spacial score (nSPS) is 12.6. The zero-order valence-corrected chi connectivity index (χ0v) is 14.6. The van der Waals surface area contributed by atoms with E-state index >= 15 is 0 Å². The zero-order chi connectivity index (χ0) is 19.4. The summed E-state index contributed by atoms with van der Waals surface area (Å²) in [5, 5.41) is 1.66. The number of aromatic nitrogens is 1. The van der Waals surface area contributed by atoms with Gasteiger partial charge in [-0.1, -0.05) is 11.6 Å². The molecule has 25 heavy (non-hydrogen) atoms. The molecule has 0 atom stereocenters. The molecule has 6 nitrogen and oxygen atoms in total. The molecule has 1 N–H and O–H groups in total. The average molecular weight is 381 g/mol. The molecular formula is C15H16ClF3N2O4. The van der Waals surface area contributed by atoms with Gasteiger partial charge < -0.3 is 9.47 Å². The summed E-state index contributed by atoms with van der Waals surface area (Å²) in [5.41, 5.74) is -2.40. The third-order valence-corrected chi connectivity index (χ3v) is 2.81. The van der Waals surface area contributed by atoms with Crippen molar-refractivity contribution in [2.24, 2.45) is 0 Å². The Hall–Kier alpha value is -2.29. The van der Waals surface area contributed by atoms with Gasteiger partial charge in [-0.25, -0.2) is 14.6 Å². The minimum absolute atomic E-state index is 0.0221. The summed E-state index contributed by atoms with van der Waals surface area (Å²) < 4.78 is 47.3. The first-order chi connectivity index (χ1) is 11.3. The number of esters is 1. The van der Waals surface area contributed by atoms with Crippen LogP contribution in [-0.4, -0.2) is 29.8 Å². The number of halogens is 4. The smallest absolute Gasteiger partial charge is 0.433 e. The van der Waals surface area contributed by atoms with Crippen LogP contribution in [0, 0.1) is 0 Å². The van der Waals surface area contributed by atoms with Crippen LogP contribution < -0.4 is 5.32 Å². The Morgan fingerprint density at radius 3 is 2.28 bits per heavy atom. The number of carbonyl (C=O) groups excluding carboxylic acids is 2. The predicted octanol–water partition coefficient (Wildman–Crippen LogP) is 3.79. The van der Waals surface area contributed by atoms with E-state index in [1.165, 1.54) is 0 Å². The number of hydrogen-bond donors (Lipinski definition) is 1. The monoisotopic (exact) mass is 380 g/mol. The van der Waals surface area contributed by atoms with E-state index in [9.17, 15) is 22.8 Å². The Bertz CT molecular complexity index is 697. The molecule has 0 fully saturated rings. The summed E-state index contributed by atoms with van der Waals surface area (Å²) in [4.78, 5) is 26.7. The van der Waals surface area contributed by atoms with Gasteiger partial charge in [0.15, 0.2) is 0 Å². The molecule has 0 saturated carbocycles. The Labute approximate surface area is 147 Å². The highest BCUT2D eigenvalue weighted by Crippen LogP contribution is 2.30. The molecule has 0 spiro atoms. The quantitative estimate of drug-likeness (QED) is 0.490. The van der Waals surface area contributed by atoms with Gasteiger partial charge in [0.25, 0.3) is 0 Å². The van der Waals surface area contributed by atoms with Crippen LogP contribution >= 0.6 is 11.6 Å². The second kappa shape index (κ2) is 7.73. The number of nitrogens with zero attached hydrogens (tertiary/aromatic N) is 1. The SMILES string of the molecule is COC(=O)/C(=C\c1ccc(C(F)(F)F)nc1Cl)NC(=O)OC(C)(C)C. The van der Waals surface area contributed by atoms with Gasteiger partial charge in [0.1, 0.15) is 22.1 Å². The fourth-order valence-electron chi connectivity index (χ4n) is 1.54. The van der Waals surface area contributed by atoms with Crippen molar-refractivity contribution in [3.63, 3.8) is 0 Å². The molecule has 0 aromatic carbocycles. The summed E-state index contributed by atoms with van der Waals surface area (Å²) >= 11 is 5.72. The van der Waals surface area contributed by atoms with Crippen LogP contribution in [-0.2, 0) is 20.4 Å².